The van der Waals surface area contributed by atoms with Crippen molar-refractivity contribution in [3.8, 4) is 23.0 Å². The molecule has 160 valence electrons. The Bertz CT molecular complexity index is 939. The predicted molar refractivity (Wildman–Crippen MR) is 112 cm³/mol. The molecule has 1 amide bonds. The van der Waals surface area contributed by atoms with E-state index in [1.165, 1.54) is 47.5 Å². The van der Waals surface area contributed by atoms with Crippen LogP contribution in [0.1, 0.15) is 6.92 Å². The summed E-state index contributed by atoms with van der Waals surface area (Å²) in [6, 6.07) is 6.58. The van der Waals surface area contributed by atoms with E-state index in [1.807, 2.05) is 0 Å². The van der Waals surface area contributed by atoms with Gasteiger partial charge in [-0.15, -0.1) is 0 Å². The molecule has 1 unspecified atom stereocenters. The second-order valence-electron chi connectivity index (χ2n) is 5.92. The summed E-state index contributed by atoms with van der Waals surface area (Å²) in [5, 5.41) is 10.9. The smallest absolute Gasteiger partial charge is 0.259 e. The third kappa shape index (κ3) is 5.18. The molecule has 2 rings (SSSR count). The molecule has 1 N–H and O–H groups in total. The Morgan fingerprint density at radius 1 is 0.967 bits per heavy atom. The number of Topliss-reactive ketones (excluding diaryl/α,β-unsaturated/α-hetero) is 1. The van der Waals surface area contributed by atoms with E-state index < -0.39 is 17.7 Å². The lowest BCUT2D eigenvalue weighted by Crippen LogP contribution is -2.32. The molecular formula is C20H22ClN3O6. The fourth-order valence-corrected chi connectivity index (χ4v) is 2.78. The zero-order valence-corrected chi connectivity index (χ0v) is 17.9. The summed E-state index contributed by atoms with van der Waals surface area (Å²) >= 11 is 6.02. The van der Waals surface area contributed by atoms with Crippen molar-refractivity contribution in [3.05, 3.63) is 35.4 Å². The van der Waals surface area contributed by atoms with Gasteiger partial charge in [-0.2, -0.15) is 10.2 Å². The van der Waals surface area contributed by atoms with E-state index in [1.54, 1.807) is 18.2 Å². The first-order valence-corrected chi connectivity index (χ1v) is 9.08. The molecule has 0 heterocycles. The van der Waals surface area contributed by atoms with E-state index in [-0.39, 0.29) is 17.2 Å². The highest BCUT2D eigenvalue weighted by molar-refractivity contribution is 6.31. The van der Waals surface area contributed by atoms with Crippen LogP contribution in [0.5, 0.6) is 23.0 Å². The van der Waals surface area contributed by atoms with Crippen LogP contribution < -0.4 is 24.3 Å². The number of ether oxygens (including phenoxy) is 4. The third-order valence-corrected chi connectivity index (χ3v) is 4.23. The molecule has 0 spiro atoms. The first kappa shape index (κ1) is 23.0. The normalized spacial score (nSPS) is 11.7. The van der Waals surface area contributed by atoms with Gasteiger partial charge in [-0.05, 0) is 19.1 Å². The molecule has 2 aromatic carbocycles. The maximum Gasteiger partial charge on any atom is 0.259 e. The van der Waals surface area contributed by atoms with E-state index in [2.05, 4.69) is 15.5 Å². The van der Waals surface area contributed by atoms with Gasteiger partial charge in [0.1, 0.15) is 22.9 Å². The first-order chi connectivity index (χ1) is 14.4. The van der Waals surface area contributed by atoms with Crippen molar-refractivity contribution in [1.82, 2.24) is 0 Å². The average Bonchev–Trinajstić information content (AvgIpc) is 2.73. The van der Waals surface area contributed by atoms with Gasteiger partial charge in [0.2, 0.25) is 6.04 Å². The standard InChI is InChI=1S/C20H22ClN3O6/c1-11(25)17(24-23-13-7-6-8-14(27-2)19(13)30-5)20(26)22-18-15(28-3)9-12(21)10-16(18)29-4/h6-10,17H,1-5H3,(H,22,26). The number of para-hydroxylation sites is 1. The highest BCUT2D eigenvalue weighted by Gasteiger charge is 2.26. The topological polar surface area (TPSA) is 108 Å². The van der Waals surface area contributed by atoms with E-state index in [4.69, 9.17) is 30.5 Å². The van der Waals surface area contributed by atoms with Gasteiger partial charge in [0.25, 0.3) is 5.91 Å². The van der Waals surface area contributed by atoms with Crippen LogP contribution in [0, 0.1) is 0 Å². The van der Waals surface area contributed by atoms with Gasteiger partial charge in [0.15, 0.2) is 17.3 Å². The summed E-state index contributed by atoms with van der Waals surface area (Å²) in [6.07, 6.45) is 0. The molecule has 9 nitrogen and oxygen atoms in total. The van der Waals surface area contributed by atoms with Crippen LogP contribution in [-0.2, 0) is 9.59 Å². The van der Waals surface area contributed by atoms with Crippen molar-refractivity contribution >= 4 is 34.7 Å². The number of hydrogen-bond acceptors (Lipinski definition) is 8. The molecule has 1 atom stereocenters. The van der Waals surface area contributed by atoms with Crippen LogP contribution in [0.4, 0.5) is 11.4 Å². The molecule has 0 saturated carbocycles. The van der Waals surface area contributed by atoms with Crippen molar-refractivity contribution in [1.29, 1.82) is 0 Å². The minimum absolute atomic E-state index is 0.217. The first-order valence-electron chi connectivity index (χ1n) is 8.70. The molecule has 0 aliphatic heterocycles. The zero-order chi connectivity index (χ0) is 22.3. The van der Waals surface area contributed by atoms with Gasteiger partial charge in [-0.1, -0.05) is 17.7 Å². The quantitative estimate of drug-likeness (QED) is 0.470. The number of halogens is 1. The Morgan fingerprint density at radius 3 is 2.07 bits per heavy atom. The number of nitrogens with one attached hydrogen (secondary N) is 1. The number of azo groups is 1. The van der Waals surface area contributed by atoms with Crippen LogP contribution in [0.25, 0.3) is 0 Å². The lowest BCUT2D eigenvalue weighted by molar-refractivity contribution is -0.126. The highest BCUT2D eigenvalue weighted by atomic mass is 35.5. The van der Waals surface area contributed by atoms with E-state index >= 15 is 0 Å². The molecule has 0 bridgehead atoms. The molecule has 0 aliphatic carbocycles. The average molecular weight is 436 g/mol. The number of carbonyl (C=O) groups excluding carboxylic acids is 2. The van der Waals surface area contributed by atoms with Crippen LogP contribution in [0.3, 0.4) is 0 Å². The number of carbonyl (C=O) groups is 2. The maximum absolute atomic E-state index is 12.8. The van der Waals surface area contributed by atoms with Crippen molar-refractivity contribution in [3.63, 3.8) is 0 Å². The summed E-state index contributed by atoms with van der Waals surface area (Å²) in [7, 11) is 5.76. The van der Waals surface area contributed by atoms with E-state index in [9.17, 15) is 9.59 Å². The van der Waals surface area contributed by atoms with Crippen LogP contribution in [-0.4, -0.2) is 46.2 Å². The monoisotopic (exact) mass is 435 g/mol. The third-order valence-electron chi connectivity index (χ3n) is 4.02. The fourth-order valence-electron chi connectivity index (χ4n) is 2.58. The number of rotatable bonds is 9. The Labute approximate surface area is 178 Å². The Hall–Kier alpha value is -3.33. The van der Waals surface area contributed by atoms with Crippen molar-refractivity contribution in [2.75, 3.05) is 33.8 Å². The molecule has 0 fully saturated rings. The molecular weight excluding hydrogens is 414 g/mol. The number of hydrogen-bond donors (Lipinski definition) is 1. The lowest BCUT2D eigenvalue weighted by atomic mass is 10.2. The number of anilines is 1. The summed E-state index contributed by atoms with van der Waals surface area (Å²) in [5.41, 5.74) is 0.521. The lowest BCUT2D eigenvalue weighted by Gasteiger charge is -2.16. The van der Waals surface area contributed by atoms with Crippen LogP contribution >= 0.6 is 11.6 Å². The number of methoxy groups -OCH3 is 4. The van der Waals surface area contributed by atoms with Gasteiger partial charge in [-0.3, -0.25) is 9.59 Å². The summed E-state index contributed by atoms with van der Waals surface area (Å²) in [6.45, 7) is 1.24. The van der Waals surface area contributed by atoms with Gasteiger partial charge >= 0.3 is 0 Å². The Kier molecular flexibility index (Phi) is 7.99. The minimum Gasteiger partial charge on any atom is -0.494 e. The number of nitrogens with zero attached hydrogens (tertiary/aromatic N) is 2. The molecule has 0 radical (unpaired) electrons. The van der Waals surface area contributed by atoms with Gasteiger partial charge in [0, 0.05) is 17.2 Å². The molecule has 30 heavy (non-hydrogen) atoms. The number of benzene rings is 2. The maximum atomic E-state index is 12.8. The summed E-state index contributed by atoms with van der Waals surface area (Å²) in [4.78, 5) is 24.9. The molecule has 0 saturated heterocycles. The van der Waals surface area contributed by atoms with Gasteiger partial charge in [-0.25, -0.2) is 0 Å². The fraction of sp³-hybridized carbons (Fsp3) is 0.300. The highest BCUT2D eigenvalue weighted by Crippen LogP contribution is 2.39. The van der Waals surface area contributed by atoms with Crippen molar-refractivity contribution < 1.29 is 28.5 Å². The Morgan fingerprint density at radius 2 is 1.57 bits per heavy atom. The zero-order valence-electron chi connectivity index (χ0n) is 17.2. The minimum atomic E-state index is -1.41. The molecule has 0 aromatic heterocycles. The molecule has 2 aromatic rings. The number of ketones is 1. The SMILES string of the molecule is COc1cc(Cl)cc(OC)c1NC(=O)C(N=Nc1cccc(OC)c1OC)C(C)=O. The van der Waals surface area contributed by atoms with Crippen LogP contribution in [0.15, 0.2) is 40.6 Å². The largest absolute Gasteiger partial charge is 0.494 e. The molecule has 0 aliphatic rings. The van der Waals surface area contributed by atoms with Crippen LogP contribution in [0.2, 0.25) is 5.02 Å². The van der Waals surface area contributed by atoms with Gasteiger partial charge < -0.3 is 24.3 Å². The van der Waals surface area contributed by atoms with E-state index in [0.717, 1.165) is 0 Å². The molecule has 10 heteroatoms. The van der Waals surface area contributed by atoms with E-state index in [0.29, 0.717) is 22.2 Å². The summed E-state index contributed by atoms with van der Waals surface area (Å²) < 4.78 is 21.0. The second-order valence-corrected chi connectivity index (χ2v) is 6.35. The predicted octanol–water partition coefficient (Wildman–Crippen LogP) is 4.05. The number of amides is 1. The Balaban J connectivity index is 2.36. The van der Waals surface area contributed by atoms with Crippen molar-refractivity contribution in [2.45, 2.75) is 13.0 Å². The summed E-state index contributed by atoms with van der Waals surface area (Å²) in [5.74, 6) is 0.0702. The van der Waals surface area contributed by atoms with Crippen molar-refractivity contribution in [2.24, 2.45) is 10.2 Å². The second kappa shape index (κ2) is 10.4. The van der Waals surface area contributed by atoms with Gasteiger partial charge in [0.05, 0.1) is 28.4 Å².